The molecule has 0 bridgehead atoms. The molecule has 9 heteroatoms. The summed E-state index contributed by atoms with van der Waals surface area (Å²) >= 11 is 0. The van der Waals surface area contributed by atoms with Crippen LogP contribution in [0, 0.1) is 20.8 Å². The molecule has 0 aliphatic carbocycles. The Bertz CT molecular complexity index is 1060. The van der Waals surface area contributed by atoms with E-state index in [2.05, 4.69) is 15.2 Å². The Morgan fingerprint density at radius 3 is 2.34 bits per heavy atom. The van der Waals surface area contributed by atoms with Crippen molar-refractivity contribution in [1.82, 2.24) is 10.1 Å². The van der Waals surface area contributed by atoms with Crippen LogP contribution < -0.4 is 19.6 Å². The van der Waals surface area contributed by atoms with E-state index in [0.29, 0.717) is 41.4 Å². The van der Waals surface area contributed by atoms with Gasteiger partial charge in [0, 0.05) is 0 Å². The van der Waals surface area contributed by atoms with Crippen LogP contribution in [0.3, 0.4) is 0 Å². The summed E-state index contributed by atoms with van der Waals surface area (Å²) < 4.78 is 38.9. The zero-order valence-corrected chi connectivity index (χ0v) is 20.0. The number of carbonyl (C=O) groups is 1. The fourth-order valence-electron chi connectivity index (χ4n) is 3.25. The first-order valence-electron chi connectivity index (χ1n) is 10.5. The van der Waals surface area contributed by atoms with Gasteiger partial charge in [0.05, 0.1) is 30.9 Å². The first-order valence-corrected chi connectivity index (χ1v) is 11.9. The molecule has 0 saturated heterocycles. The third-order valence-electron chi connectivity index (χ3n) is 4.43. The van der Waals surface area contributed by atoms with Gasteiger partial charge >= 0.3 is 0 Å². The molecule has 2 rings (SSSR count). The molecular weight excluding hydrogens is 430 g/mol. The van der Waals surface area contributed by atoms with Crippen molar-refractivity contribution >= 4 is 22.1 Å². The van der Waals surface area contributed by atoms with Gasteiger partial charge in [-0.1, -0.05) is 24.6 Å². The van der Waals surface area contributed by atoms with Crippen molar-refractivity contribution in [2.75, 3.05) is 19.8 Å². The van der Waals surface area contributed by atoms with E-state index in [1.165, 1.54) is 6.21 Å². The van der Waals surface area contributed by atoms with Gasteiger partial charge in [0.15, 0.2) is 11.5 Å². The lowest BCUT2D eigenvalue weighted by molar-refractivity contribution is -0.119. The summed E-state index contributed by atoms with van der Waals surface area (Å²) in [5.74, 6) is 0.652. The number of rotatable bonds is 11. The van der Waals surface area contributed by atoms with Gasteiger partial charge in [-0.05, 0) is 69.0 Å². The average Bonchev–Trinajstić information content (AvgIpc) is 2.71. The van der Waals surface area contributed by atoms with Crippen LogP contribution in [0.15, 0.2) is 40.3 Å². The zero-order chi connectivity index (χ0) is 23.7. The van der Waals surface area contributed by atoms with Crippen LogP contribution >= 0.6 is 0 Å². The number of ether oxygens (including phenoxy) is 2. The summed E-state index contributed by atoms with van der Waals surface area (Å²) in [5.41, 5.74) is 5.26. The Morgan fingerprint density at radius 1 is 1.03 bits per heavy atom. The number of hydrazone groups is 1. The van der Waals surface area contributed by atoms with Gasteiger partial charge in [-0.3, -0.25) is 4.79 Å². The second kappa shape index (κ2) is 11.6. The fraction of sp³-hybridized carbons (Fsp3) is 0.391. The molecule has 0 atom stereocenters. The predicted molar refractivity (Wildman–Crippen MR) is 125 cm³/mol. The molecule has 0 heterocycles. The van der Waals surface area contributed by atoms with Gasteiger partial charge in [-0.2, -0.15) is 5.10 Å². The minimum absolute atomic E-state index is 0.188. The molecule has 0 unspecified atom stereocenters. The van der Waals surface area contributed by atoms with Crippen LogP contribution in [-0.2, 0) is 14.8 Å². The number of amides is 1. The van der Waals surface area contributed by atoms with Crippen molar-refractivity contribution in [3.05, 3.63) is 52.6 Å². The maximum Gasteiger partial charge on any atom is 0.255 e. The van der Waals surface area contributed by atoms with Crippen LogP contribution in [0.25, 0.3) is 0 Å². The van der Waals surface area contributed by atoms with E-state index in [-0.39, 0.29) is 4.90 Å². The Hall–Kier alpha value is -2.91. The third-order valence-corrected chi connectivity index (χ3v) is 6.13. The number of nitrogens with one attached hydrogen (secondary N) is 2. The molecule has 0 radical (unpaired) electrons. The van der Waals surface area contributed by atoms with Crippen LogP contribution in [0.2, 0.25) is 0 Å². The molecule has 0 spiro atoms. The number of hydrogen-bond donors (Lipinski definition) is 2. The summed E-state index contributed by atoms with van der Waals surface area (Å²) in [6.07, 6.45) is 2.33. The van der Waals surface area contributed by atoms with Gasteiger partial charge in [0.25, 0.3) is 5.91 Å². The molecule has 0 aliphatic heterocycles. The van der Waals surface area contributed by atoms with Crippen LogP contribution in [0.4, 0.5) is 0 Å². The van der Waals surface area contributed by atoms with Gasteiger partial charge in [-0.25, -0.2) is 18.6 Å². The summed E-state index contributed by atoms with van der Waals surface area (Å²) in [7, 11) is -3.83. The highest BCUT2D eigenvalue weighted by atomic mass is 32.2. The highest BCUT2D eigenvalue weighted by Gasteiger charge is 2.20. The van der Waals surface area contributed by atoms with Crippen molar-refractivity contribution in [2.24, 2.45) is 5.10 Å². The highest BCUT2D eigenvalue weighted by Crippen LogP contribution is 2.28. The van der Waals surface area contributed by atoms with Gasteiger partial charge in [-0.15, -0.1) is 0 Å². The summed E-state index contributed by atoms with van der Waals surface area (Å²) in [4.78, 5) is 12.3. The smallest absolute Gasteiger partial charge is 0.255 e. The topological polar surface area (TPSA) is 106 Å². The van der Waals surface area contributed by atoms with Gasteiger partial charge in [0.2, 0.25) is 10.0 Å². The van der Waals surface area contributed by atoms with E-state index in [0.717, 1.165) is 12.0 Å². The van der Waals surface area contributed by atoms with Crippen LogP contribution in [0.1, 0.15) is 42.5 Å². The van der Waals surface area contributed by atoms with E-state index in [4.69, 9.17) is 9.47 Å². The minimum atomic E-state index is -3.83. The molecule has 1 amide bonds. The molecule has 2 N–H and O–H groups in total. The average molecular weight is 462 g/mol. The lowest BCUT2D eigenvalue weighted by Gasteiger charge is -2.12. The summed E-state index contributed by atoms with van der Waals surface area (Å²) in [5, 5.41) is 3.90. The lowest BCUT2D eigenvalue weighted by Crippen LogP contribution is -2.35. The quantitative estimate of drug-likeness (QED) is 0.395. The maximum atomic E-state index is 12.6. The molecular formula is C23H31N3O5S. The van der Waals surface area contributed by atoms with E-state index in [1.807, 2.05) is 20.8 Å². The van der Waals surface area contributed by atoms with Crippen molar-refractivity contribution in [1.29, 1.82) is 0 Å². The van der Waals surface area contributed by atoms with E-state index in [9.17, 15) is 13.2 Å². The number of carbonyl (C=O) groups excluding carboxylic acids is 1. The standard InChI is InChI=1S/C23H31N3O5S/c1-6-10-31-20-9-8-19(13-21(20)30-7-2)14-24-26-22(27)15-25-32(28,29)23-17(4)11-16(3)12-18(23)5/h8-9,11-14,25H,6-7,10,15H2,1-5H3,(H,26,27)/b24-14-. The molecule has 174 valence electrons. The zero-order valence-electron chi connectivity index (χ0n) is 19.2. The van der Waals surface area contributed by atoms with Crippen molar-refractivity contribution in [3.63, 3.8) is 0 Å². The van der Waals surface area contributed by atoms with Crippen LogP contribution in [0.5, 0.6) is 11.5 Å². The van der Waals surface area contributed by atoms with E-state index >= 15 is 0 Å². The van der Waals surface area contributed by atoms with Crippen molar-refractivity contribution in [2.45, 2.75) is 45.9 Å². The lowest BCUT2D eigenvalue weighted by atomic mass is 10.1. The highest BCUT2D eigenvalue weighted by molar-refractivity contribution is 7.89. The predicted octanol–water partition coefficient (Wildman–Crippen LogP) is 3.23. The fourth-order valence-corrected chi connectivity index (χ4v) is 4.68. The first-order chi connectivity index (χ1) is 15.2. The van der Waals surface area contributed by atoms with Gasteiger partial charge in [0.1, 0.15) is 0 Å². The van der Waals surface area contributed by atoms with Gasteiger partial charge < -0.3 is 9.47 Å². The number of benzene rings is 2. The van der Waals surface area contributed by atoms with Crippen molar-refractivity contribution in [3.8, 4) is 11.5 Å². The molecule has 2 aromatic carbocycles. The molecule has 8 nitrogen and oxygen atoms in total. The second-order valence-corrected chi connectivity index (χ2v) is 9.04. The SMILES string of the molecule is CCCOc1ccc(/C=N\NC(=O)CNS(=O)(=O)c2c(C)cc(C)cc2C)cc1OCC. The normalized spacial score (nSPS) is 11.5. The minimum Gasteiger partial charge on any atom is -0.490 e. The molecule has 0 aliphatic rings. The van der Waals surface area contributed by atoms with Crippen molar-refractivity contribution < 1.29 is 22.7 Å². The van der Waals surface area contributed by atoms with E-state index < -0.39 is 22.5 Å². The molecule has 0 saturated carbocycles. The largest absolute Gasteiger partial charge is 0.490 e. The molecule has 0 aromatic heterocycles. The monoisotopic (exact) mass is 461 g/mol. The molecule has 32 heavy (non-hydrogen) atoms. The number of aryl methyl sites for hydroxylation is 3. The second-order valence-electron chi connectivity index (χ2n) is 7.33. The Morgan fingerprint density at radius 2 is 1.72 bits per heavy atom. The number of nitrogens with zero attached hydrogens (tertiary/aromatic N) is 1. The number of hydrogen-bond acceptors (Lipinski definition) is 6. The first kappa shape index (κ1) is 25.4. The maximum absolute atomic E-state index is 12.6. The summed E-state index contributed by atoms with van der Waals surface area (Å²) in [6, 6.07) is 8.91. The molecule has 2 aromatic rings. The third kappa shape index (κ3) is 7.06. The van der Waals surface area contributed by atoms with Crippen LogP contribution in [-0.4, -0.2) is 40.3 Å². The summed E-state index contributed by atoms with van der Waals surface area (Å²) in [6.45, 7) is 9.90. The Labute approximate surface area is 190 Å². The Kier molecular flexibility index (Phi) is 9.22. The molecule has 0 fully saturated rings. The van der Waals surface area contributed by atoms with E-state index in [1.54, 1.807) is 44.2 Å². The Balaban J connectivity index is 1.99. The number of sulfonamides is 1.